The van der Waals surface area contributed by atoms with Crippen LogP contribution >= 0.6 is 0 Å². The first-order chi connectivity index (χ1) is 3.71. The molecule has 9 heavy (non-hydrogen) atoms. The molecule has 0 radical (unpaired) electrons. The van der Waals surface area contributed by atoms with E-state index in [1.807, 2.05) is 0 Å². The molecule has 1 nitrogen and oxygen atoms in total. The molecule has 1 fully saturated rings. The van der Waals surface area contributed by atoms with Gasteiger partial charge in [0.15, 0.2) is 8.32 Å². The van der Waals surface area contributed by atoms with Crippen LogP contribution in [0.25, 0.3) is 0 Å². The van der Waals surface area contributed by atoms with E-state index < -0.39 is 8.32 Å². The van der Waals surface area contributed by atoms with Gasteiger partial charge in [-0.25, -0.2) is 0 Å². The van der Waals surface area contributed by atoms with E-state index in [1.54, 1.807) is 0 Å². The van der Waals surface area contributed by atoms with E-state index in [-0.39, 0.29) is 31.0 Å². The molecule has 3 heteroatoms. The molecule has 0 saturated carbocycles. The summed E-state index contributed by atoms with van der Waals surface area (Å²) in [4.78, 5) is 0. The number of rotatable bonds is 0. The van der Waals surface area contributed by atoms with Gasteiger partial charge >= 0.3 is 29.6 Å². The van der Waals surface area contributed by atoms with Crippen LogP contribution in [0, 0.1) is 0 Å². The van der Waals surface area contributed by atoms with Gasteiger partial charge in [0.05, 0.1) is 0 Å². The number of hydrogen-bond donors (Lipinski definition) is 0. The first-order valence-electron chi connectivity index (χ1n) is 3.35. The Hall–Kier alpha value is 1.18. The molecule has 0 atom stereocenters. The largest absolute Gasteiger partial charge is 1.00 e. The molecule has 0 aromatic carbocycles. The van der Waals surface area contributed by atoms with E-state index in [0.29, 0.717) is 0 Å². The minimum Gasteiger partial charge on any atom is -1.00 e. The average Bonchev–Trinajstić information content (AvgIpc) is 1.65. The monoisotopic (exact) mass is 154 g/mol. The van der Waals surface area contributed by atoms with Crippen molar-refractivity contribution in [3.05, 3.63) is 0 Å². The Kier molecular flexibility index (Phi) is 4.68. The first kappa shape index (κ1) is 10.2. The Labute approximate surface area is 82.1 Å². The van der Waals surface area contributed by atoms with Crippen LogP contribution in [0.3, 0.4) is 0 Å². The zero-order chi connectivity index (χ0) is 6.04. The molecule has 1 saturated heterocycles. The van der Waals surface area contributed by atoms with Crippen molar-refractivity contribution in [1.82, 2.24) is 0 Å². The average molecular weight is 154 g/mol. The Balaban J connectivity index is 0. The van der Waals surface area contributed by atoms with Crippen molar-refractivity contribution in [2.24, 2.45) is 0 Å². The second-order valence-corrected chi connectivity index (χ2v) is 7.37. The fraction of sp³-hybridized carbons (Fsp3) is 1.00. The SMILES string of the molecule is C[Si]1(C)CCCCO1.[H-].[Na+]. The molecular formula is C6H15NaOSi. The zero-order valence-electron chi connectivity index (χ0n) is 7.74. The molecule has 1 aliphatic rings. The Morgan fingerprint density at radius 2 is 2.00 bits per heavy atom. The Morgan fingerprint density at radius 3 is 2.22 bits per heavy atom. The van der Waals surface area contributed by atoms with Gasteiger partial charge < -0.3 is 5.85 Å². The summed E-state index contributed by atoms with van der Waals surface area (Å²) in [5.74, 6) is 0. The van der Waals surface area contributed by atoms with Crippen LogP contribution in [0.2, 0.25) is 19.1 Å². The Bertz CT molecular complexity index is 81.8. The van der Waals surface area contributed by atoms with E-state index in [2.05, 4.69) is 13.1 Å². The predicted molar refractivity (Wildman–Crippen MR) is 38.6 cm³/mol. The molecule has 1 aliphatic heterocycles. The van der Waals surface area contributed by atoms with E-state index in [1.165, 1.54) is 18.9 Å². The van der Waals surface area contributed by atoms with Gasteiger partial charge in [-0.3, -0.25) is 0 Å². The first-order valence-corrected chi connectivity index (χ1v) is 6.46. The van der Waals surface area contributed by atoms with E-state index in [4.69, 9.17) is 4.43 Å². The fourth-order valence-electron chi connectivity index (χ4n) is 1.07. The second-order valence-electron chi connectivity index (χ2n) is 3.07. The number of hydrogen-bond acceptors (Lipinski definition) is 1. The van der Waals surface area contributed by atoms with Crippen LogP contribution in [0.15, 0.2) is 0 Å². The molecule has 0 amide bonds. The van der Waals surface area contributed by atoms with Crippen LogP contribution in [0.5, 0.6) is 0 Å². The predicted octanol–water partition coefficient (Wildman–Crippen LogP) is -0.882. The maximum atomic E-state index is 5.60. The molecule has 1 heterocycles. The van der Waals surface area contributed by atoms with Gasteiger partial charge in [-0.15, -0.1) is 0 Å². The maximum Gasteiger partial charge on any atom is 1.00 e. The molecule has 0 spiro atoms. The summed E-state index contributed by atoms with van der Waals surface area (Å²) in [6, 6.07) is 1.37. The van der Waals surface area contributed by atoms with Gasteiger partial charge in [-0.05, 0) is 25.6 Å². The van der Waals surface area contributed by atoms with E-state index in [9.17, 15) is 0 Å². The minimum atomic E-state index is -1.09. The van der Waals surface area contributed by atoms with Crippen molar-refractivity contribution in [2.45, 2.75) is 32.0 Å². The van der Waals surface area contributed by atoms with Crippen molar-refractivity contribution >= 4 is 8.32 Å². The van der Waals surface area contributed by atoms with Crippen molar-refractivity contribution in [3.8, 4) is 0 Å². The van der Waals surface area contributed by atoms with Gasteiger partial charge in [0, 0.05) is 6.61 Å². The molecule has 1 rings (SSSR count). The van der Waals surface area contributed by atoms with Crippen LogP contribution < -0.4 is 29.6 Å². The molecule has 0 aliphatic carbocycles. The van der Waals surface area contributed by atoms with Crippen molar-refractivity contribution in [2.75, 3.05) is 6.61 Å². The third-order valence-corrected chi connectivity index (χ3v) is 4.21. The van der Waals surface area contributed by atoms with E-state index in [0.717, 1.165) is 6.61 Å². The maximum absolute atomic E-state index is 5.60. The van der Waals surface area contributed by atoms with E-state index >= 15 is 0 Å². The molecule has 0 unspecified atom stereocenters. The smallest absolute Gasteiger partial charge is 1.00 e. The molecule has 0 N–H and O–H groups in total. The van der Waals surface area contributed by atoms with Crippen LogP contribution in [-0.2, 0) is 4.43 Å². The van der Waals surface area contributed by atoms with Crippen molar-refractivity contribution < 1.29 is 35.4 Å². The zero-order valence-corrected chi connectivity index (χ0v) is 9.74. The summed E-state index contributed by atoms with van der Waals surface area (Å²) < 4.78 is 5.60. The second kappa shape index (κ2) is 4.14. The van der Waals surface area contributed by atoms with Crippen molar-refractivity contribution in [3.63, 3.8) is 0 Å². The minimum absolute atomic E-state index is 0. The van der Waals surface area contributed by atoms with Gasteiger partial charge in [-0.1, -0.05) is 6.42 Å². The van der Waals surface area contributed by atoms with Gasteiger partial charge in [0.2, 0.25) is 0 Å². The Morgan fingerprint density at radius 1 is 1.33 bits per heavy atom. The summed E-state index contributed by atoms with van der Waals surface area (Å²) >= 11 is 0. The fourth-order valence-corrected chi connectivity index (χ4v) is 3.02. The third kappa shape index (κ3) is 3.78. The summed E-state index contributed by atoms with van der Waals surface area (Å²) in [5, 5.41) is 0. The molecule has 0 bridgehead atoms. The van der Waals surface area contributed by atoms with Crippen molar-refractivity contribution in [1.29, 1.82) is 0 Å². The molecule has 50 valence electrons. The topological polar surface area (TPSA) is 9.23 Å². The summed E-state index contributed by atoms with van der Waals surface area (Å²) in [7, 11) is -1.09. The summed E-state index contributed by atoms with van der Waals surface area (Å²) in [6.45, 7) is 5.62. The summed E-state index contributed by atoms with van der Waals surface area (Å²) in [6.07, 6.45) is 2.69. The normalized spacial score (nSPS) is 24.7. The molecule has 0 aromatic rings. The van der Waals surface area contributed by atoms with Gasteiger partial charge in [-0.2, -0.15) is 0 Å². The van der Waals surface area contributed by atoms with Crippen LogP contribution in [0.1, 0.15) is 14.3 Å². The molecule has 0 aromatic heterocycles. The third-order valence-electron chi connectivity index (χ3n) is 1.67. The van der Waals surface area contributed by atoms with Gasteiger partial charge in [0.25, 0.3) is 0 Å². The molecular weight excluding hydrogens is 139 g/mol. The van der Waals surface area contributed by atoms with Crippen LogP contribution in [-0.4, -0.2) is 14.9 Å². The van der Waals surface area contributed by atoms with Gasteiger partial charge in [0.1, 0.15) is 0 Å². The standard InChI is InChI=1S/C6H14OSi.Na.H/c1-8(2)6-4-3-5-7-8;;/h3-6H2,1-2H3;;/q;+1;-1. The quantitative estimate of drug-likeness (QED) is 0.412. The summed E-state index contributed by atoms with van der Waals surface area (Å²) in [5.41, 5.74) is 0. The van der Waals surface area contributed by atoms with Crippen LogP contribution in [0.4, 0.5) is 0 Å².